The van der Waals surface area contributed by atoms with Crippen molar-refractivity contribution in [1.82, 2.24) is 4.57 Å². The minimum atomic E-state index is -0.585. The van der Waals surface area contributed by atoms with Crippen molar-refractivity contribution in [1.29, 1.82) is 5.26 Å². The number of pyridine rings is 1. The number of rotatable bonds is 2. The molecule has 0 saturated heterocycles. The lowest BCUT2D eigenvalue weighted by Crippen LogP contribution is -2.23. The Hall–Kier alpha value is -3.66. The first-order valence-corrected chi connectivity index (χ1v) is 7.86. The fraction of sp³-hybridized carbons (Fsp3) is 0.158. The second kappa shape index (κ2) is 6.33. The minimum Gasteiger partial charge on any atom is -0.494 e. The molecule has 3 rings (SSSR count). The number of para-hydroxylation sites is 1. The zero-order valence-electron chi connectivity index (χ0n) is 14.5. The Balaban J connectivity index is 2.15. The van der Waals surface area contributed by atoms with Crippen LogP contribution in [0.1, 0.15) is 23.6 Å². The number of amides is 1. The lowest BCUT2D eigenvalue weighted by atomic mass is 10.0. The molecule has 0 aliphatic carbocycles. The van der Waals surface area contributed by atoms with Crippen molar-refractivity contribution in [3.8, 4) is 11.9 Å². The van der Waals surface area contributed by atoms with Crippen LogP contribution in [0, 0.1) is 18.3 Å². The van der Waals surface area contributed by atoms with Crippen LogP contribution in [0.25, 0.3) is 6.08 Å². The average molecular weight is 348 g/mol. The summed E-state index contributed by atoms with van der Waals surface area (Å²) in [6.07, 6.45) is 1.47. The quantitative estimate of drug-likeness (QED) is 0.840. The molecule has 1 aliphatic heterocycles. The number of aromatic hydroxyl groups is 1. The van der Waals surface area contributed by atoms with E-state index in [0.29, 0.717) is 17.0 Å². The SMILES string of the molecule is CC1=NN(c2ccccc2)C(=O)/C1=C/c1c(C)c(C#N)c(=O)n(C)c1O. The molecule has 0 atom stereocenters. The number of aromatic nitrogens is 1. The van der Waals surface area contributed by atoms with E-state index in [1.807, 2.05) is 12.1 Å². The summed E-state index contributed by atoms with van der Waals surface area (Å²) in [5.41, 5.74) is 1.30. The summed E-state index contributed by atoms with van der Waals surface area (Å²) in [5.74, 6) is -0.655. The van der Waals surface area contributed by atoms with Crippen LogP contribution in [0.15, 0.2) is 45.8 Å². The van der Waals surface area contributed by atoms with Crippen LogP contribution in [-0.4, -0.2) is 21.3 Å². The van der Waals surface area contributed by atoms with Crippen molar-refractivity contribution in [2.45, 2.75) is 13.8 Å². The van der Waals surface area contributed by atoms with Crippen LogP contribution >= 0.6 is 0 Å². The van der Waals surface area contributed by atoms with E-state index in [4.69, 9.17) is 0 Å². The molecule has 1 aromatic heterocycles. The molecule has 0 saturated carbocycles. The van der Waals surface area contributed by atoms with Crippen molar-refractivity contribution in [3.05, 3.63) is 62.9 Å². The fourth-order valence-corrected chi connectivity index (χ4v) is 2.78. The molecule has 0 spiro atoms. The lowest BCUT2D eigenvalue weighted by molar-refractivity contribution is -0.114. The number of carbonyl (C=O) groups excluding carboxylic acids is 1. The third kappa shape index (κ3) is 2.58. The minimum absolute atomic E-state index is 0.0721. The van der Waals surface area contributed by atoms with Crippen molar-refractivity contribution >= 4 is 23.4 Å². The largest absolute Gasteiger partial charge is 0.494 e. The smallest absolute Gasteiger partial charge is 0.280 e. The van der Waals surface area contributed by atoms with E-state index in [-0.39, 0.29) is 28.5 Å². The summed E-state index contributed by atoms with van der Waals surface area (Å²) in [6, 6.07) is 10.8. The van der Waals surface area contributed by atoms with Crippen LogP contribution in [0.3, 0.4) is 0 Å². The van der Waals surface area contributed by atoms with Gasteiger partial charge in [-0.3, -0.25) is 14.2 Å². The highest BCUT2D eigenvalue weighted by atomic mass is 16.3. The highest BCUT2D eigenvalue weighted by Gasteiger charge is 2.29. The Morgan fingerprint density at radius 1 is 1.19 bits per heavy atom. The summed E-state index contributed by atoms with van der Waals surface area (Å²) in [6.45, 7) is 3.25. The highest BCUT2D eigenvalue weighted by Crippen LogP contribution is 2.28. The number of nitriles is 1. The van der Waals surface area contributed by atoms with Crippen molar-refractivity contribution in [2.75, 3.05) is 5.01 Å². The van der Waals surface area contributed by atoms with Gasteiger partial charge < -0.3 is 5.11 Å². The molecule has 1 aliphatic rings. The Kier molecular flexibility index (Phi) is 4.18. The molecule has 7 heteroatoms. The molecule has 7 nitrogen and oxygen atoms in total. The van der Waals surface area contributed by atoms with Gasteiger partial charge in [0.15, 0.2) is 0 Å². The van der Waals surface area contributed by atoms with Crippen LogP contribution in [0.4, 0.5) is 5.69 Å². The van der Waals surface area contributed by atoms with Gasteiger partial charge in [0.25, 0.3) is 11.5 Å². The molecule has 1 N–H and O–H groups in total. The van der Waals surface area contributed by atoms with E-state index in [9.17, 15) is 20.0 Å². The first-order chi connectivity index (χ1) is 12.4. The van der Waals surface area contributed by atoms with E-state index < -0.39 is 5.56 Å². The van der Waals surface area contributed by atoms with Crippen molar-refractivity contribution < 1.29 is 9.90 Å². The van der Waals surface area contributed by atoms with Gasteiger partial charge in [-0.2, -0.15) is 15.4 Å². The van der Waals surface area contributed by atoms with E-state index in [1.54, 1.807) is 38.1 Å². The maximum atomic E-state index is 12.8. The van der Waals surface area contributed by atoms with Gasteiger partial charge in [-0.05, 0) is 37.6 Å². The number of hydrogen-bond donors (Lipinski definition) is 1. The summed E-state index contributed by atoms with van der Waals surface area (Å²) >= 11 is 0. The summed E-state index contributed by atoms with van der Waals surface area (Å²) in [5, 5.41) is 25.1. The molecule has 1 aromatic carbocycles. The van der Waals surface area contributed by atoms with Crippen LogP contribution in [0.2, 0.25) is 0 Å². The maximum absolute atomic E-state index is 12.8. The molecule has 0 radical (unpaired) electrons. The third-order valence-corrected chi connectivity index (χ3v) is 4.32. The first kappa shape index (κ1) is 17.2. The summed E-state index contributed by atoms with van der Waals surface area (Å²) in [4.78, 5) is 24.8. The number of hydrogen-bond acceptors (Lipinski definition) is 5. The molecule has 2 aromatic rings. The van der Waals surface area contributed by atoms with E-state index in [1.165, 1.54) is 18.1 Å². The molecule has 0 fully saturated rings. The fourth-order valence-electron chi connectivity index (χ4n) is 2.78. The van der Waals surface area contributed by atoms with E-state index in [2.05, 4.69) is 5.10 Å². The van der Waals surface area contributed by atoms with Crippen molar-refractivity contribution in [3.63, 3.8) is 0 Å². The molecule has 1 amide bonds. The van der Waals surface area contributed by atoms with E-state index in [0.717, 1.165) is 4.57 Å². The molecular weight excluding hydrogens is 332 g/mol. The van der Waals surface area contributed by atoms with Crippen molar-refractivity contribution in [2.24, 2.45) is 12.1 Å². The average Bonchev–Trinajstić information content (AvgIpc) is 2.92. The standard InChI is InChI=1S/C19H16N4O3/c1-11-14(17(24)22(3)18(25)16(11)10-20)9-15-12(2)21-23(19(15)26)13-7-5-4-6-8-13/h4-9,24H,1-3H3/b15-9+. The molecule has 0 unspecified atom stereocenters. The first-order valence-electron chi connectivity index (χ1n) is 7.86. The van der Waals surface area contributed by atoms with Gasteiger partial charge in [-0.15, -0.1) is 0 Å². The van der Waals surface area contributed by atoms with E-state index >= 15 is 0 Å². The van der Waals surface area contributed by atoms with Gasteiger partial charge in [-0.25, -0.2) is 0 Å². The monoisotopic (exact) mass is 348 g/mol. The Morgan fingerprint density at radius 3 is 2.46 bits per heavy atom. The Labute approximate surface area is 149 Å². The number of anilines is 1. The second-order valence-electron chi connectivity index (χ2n) is 5.91. The summed E-state index contributed by atoms with van der Waals surface area (Å²) < 4.78 is 0.985. The maximum Gasteiger partial charge on any atom is 0.280 e. The number of nitrogens with zero attached hydrogens (tertiary/aromatic N) is 4. The normalized spacial score (nSPS) is 15.3. The predicted molar refractivity (Wildman–Crippen MR) is 97.8 cm³/mol. The zero-order valence-corrected chi connectivity index (χ0v) is 14.5. The molecule has 0 bridgehead atoms. The van der Waals surface area contributed by atoms with Gasteiger partial charge in [0.1, 0.15) is 11.6 Å². The van der Waals surface area contributed by atoms with Gasteiger partial charge in [0.05, 0.1) is 17.0 Å². The zero-order chi connectivity index (χ0) is 19.0. The molecule has 26 heavy (non-hydrogen) atoms. The highest BCUT2D eigenvalue weighted by molar-refractivity contribution is 6.32. The predicted octanol–water partition coefficient (Wildman–Crippen LogP) is 2.08. The number of benzene rings is 1. The van der Waals surface area contributed by atoms with Gasteiger partial charge in [0.2, 0.25) is 5.88 Å². The Bertz CT molecular complexity index is 1070. The summed E-state index contributed by atoms with van der Waals surface area (Å²) in [7, 11) is 1.37. The topological polar surface area (TPSA) is 98.7 Å². The van der Waals surface area contributed by atoms with Gasteiger partial charge in [0, 0.05) is 12.6 Å². The van der Waals surface area contributed by atoms with Crippen LogP contribution in [-0.2, 0) is 11.8 Å². The lowest BCUT2D eigenvalue weighted by Gasteiger charge is -2.12. The van der Waals surface area contributed by atoms with Gasteiger partial charge >= 0.3 is 0 Å². The van der Waals surface area contributed by atoms with Gasteiger partial charge in [-0.1, -0.05) is 18.2 Å². The number of hydrazone groups is 1. The van der Waals surface area contributed by atoms with Crippen LogP contribution < -0.4 is 10.6 Å². The van der Waals surface area contributed by atoms with Crippen LogP contribution in [0.5, 0.6) is 5.88 Å². The Morgan fingerprint density at radius 2 is 1.85 bits per heavy atom. The molecule has 2 heterocycles. The molecular formula is C19H16N4O3. The third-order valence-electron chi connectivity index (χ3n) is 4.32. The number of carbonyl (C=O) groups is 1. The molecule has 130 valence electrons. The second-order valence-corrected chi connectivity index (χ2v) is 5.91.